The van der Waals surface area contributed by atoms with E-state index in [4.69, 9.17) is 4.74 Å². The SMILES string of the molecule is C=CCCCOC(=O)[C@H]1[C@H]2C(=O)N([C@@H](CO)CC(C)C)C(C(=O)N(CC=C)C(C)CCC)C23CC(Br)[C@@H]1S3. The fourth-order valence-corrected chi connectivity index (χ4v) is 10.3. The summed E-state index contributed by atoms with van der Waals surface area (Å²) < 4.78 is 4.91. The highest BCUT2D eigenvalue weighted by atomic mass is 79.9. The molecule has 8 atom stereocenters. The Bertz CT molecular complexity index is 900. The molecule has 9 heteroatoms. The first-order valence-corrected chi connectivity index (χ1v) is 15.8. The van der Waals surface area contributed by atoms with Crippen LogP contribution in [0.15, 0.2) is 25.3 Å². The molecule has 7 nitrogen and oxygen atoms in total. The summed E-state index contributed by atoms with van der Waals surface area (Å²) in [6.45, 7) is 16.2. The zero-order chi connectivity index (χ0) is 28.2. The van der Waals surface area contributed by atoms with Crippen molar-refractivity contribution in [3.8, 4) is 0 Å². The van der Waals surface area contributed by atoms with Crippen molar-refractivity contribution in [2.75, 3.05) is 19.8 Å². The van der Waals surface area contributed by atoms with E-state index < -0.39 is 28.7 Å². The molecule has 38 heavy (non-hydrogen) atoms. The Labute approximate surface area is 240 Å². The highest BCUT2D eigenvalue weighted by Gasteiger charge is 2.76. The standard InChI is InChI=1S/C29H45BrN2O5S/c1-7-10-11-14-37-28(36)22-23-26(34)32(20(17-33)15-18(4)5)25(29(23)16-21(30)24(22)38-29)27(35)31(13-9-3)19(6)12-8-2/h7,9,18-25,33H,1,3,8,10-17H2,2,4-6H3/t19?,20-,21?,22+,23+,24+,25?,29?/m1/s1. The van der Waals surface area contributed by atoms with Crippen LogP contribution in [0.1, 0.15) is 66.2 Å². The van der Waals surface area contributed by atoms with Gasteiger partial charge in [-0.15, -0.1) is 24.9 Å². The lowest BCUT2D eigenvalue weighted by molar-refractivity contribution is -0.154. The van der Waals surface area contributed by atoms with Crippen LogP contribution in [-0.2, 0) is 19.1 Å². The van der Waals surface area contributed by atoms with Crippen LogP contribution in [0, 0.1) is 17.8 Å². The normalized spacial score (nSPS) is 31.3. The number of alkyl halides is 1. The molecule has 3 heterocycles. The number of fused-ring (bicyclic) bond motifs is 1. The van der Waals surface area contributed by atoms with Crippen molar-refractivity contribution in [1.29, 1.82) is 0 Å². The molecule has 214 valence electrons. The number of allylic oxidation sites excluding steroid dienone is 1. The molecule has 0 aromatic carbocycles. The zero-order valence-corrected chi connectivity index (χ0v) is 25.7. The summed E-state index contributed by atoms with van der Waals surface area (Å²) in [6.07, 6.45) is 7.89. The van der Waals surface area contributed by atoms with Gasteiger partial charge in [0.2, 0.25) is 11.8 Å². The molecule has 2 amide bonds. The van der Waals surface area contributed by atoms with Gasteiger partial charge < -0.3 is 19.6 Å². The van der Waals surface area contributed by atoms with Gasteiger partial charge in [0.25, 0.3) is 0 Å². The third-order valence-electron chi connectivity index (χ3n) is 8.23. The summed E-state index contributed by atoms with van der Waals surface area (Å²) in [4.78, 5) is 45.8. The first-order valence-electron chi connectivity index (χ1n) is 14.0. The smallest absolute Gasteiger partial charge is 0.310 e. The molecule has 2 bridgehead atoms. The van der Waals surface area contributed by atoms with E-state index in [1.807, 2.05) is 25.7 Å². The Morgan fingerprint density at radius 2 is 2.03 bits per heavy atom. The second-order valence-corrected chi connectivity index (χ2v) is 14.1. The average molecular weight is 614 g/mol. The number of thioether (sulfide) groups is 1. The van der Waals surface area contributed by atoms with Gasteiger partial charge >= 0.3 is 5.97 Å². The third-order valence-corrected chi connectivity index (χ3v) is 11.4. The Morgan fingerprint density at radius 3 is 2.61 bits per heavy atom. The summed E-state index contributed by atoms with van der Waals surface area (Å²) in [5.74, 6) is -1.75. The number of nitrogens with zero attached hydrogens (tertiary/aromatic N) is 2. The van der Waals surface area contributed by atoms with E-state index >= 15 is 0 Å². The fraction of sp³-hybridized carbons (Fsp3) is 0.759. The molecule has 0 radical (unpaired) electrons. The van der Waals surface area contributed by atoms with Gasteiger partial charge in [-0.1, -0.05) is 55.3 Å². The number of carbonyl (C=O) groups is 3. The lowest BCUT2D eigenvalue weighted by atomic mass is 9.71. The van der Waals surface area contributed by atoms with Crippen LogP contribution in [0.2, 0.25) is 0 Å². The molecular formula is C29H45BrN2O5S. The summed E-state index contributed by atoms with van der Waals surface area (Å²) in [6, 6.07) is -1.28. The monoisotopic (exact) mass is 612 g/mol. The van der Waals surface area contributed by atoms with E-state index in [1.165, 1.54) is 0 Å². The second-order valence-electron chi connectivity index (χ2n) is 11.4. The molecule has 0 aliphatic carbocycles. The third kappa shape index (κ3) is 5.75. The maximum atomic E-state index is 14.5. The van der Waals surface area contributed by atoms with E-state index in [0.717, 1.165) is 19.3 Å². The summed E-state index contributed by atoms with van der Waals surface area (Å²) >= 11 is 5.41. The molecule has 0 aromatic heterocycles. The minimum atomic E-state index is -0.760. The number of amides is 2. The van der Waals surface area contributed by atoms with Crippen molar-refractivity contribution >= 4 is 45.5 Å². The number of hydrogen-bond donors (Lipinski definition) is 1. The van der Waals surface area contributed by atoms with E-state index in [-0.39, 0.29) is 53.0 Å². The first-order chi connectivity index (χ1) is 18.1. The van der Waals surface area contributed by atoms with Crippen molar-refractivity contribution in [2.24, 2.45) is 17.8 Å². The maximum absolute atomic E-state index is 14.5. The second kappa shape index (κ2) is 13.4. The molecule has 3 aliphatic rings. The number of rotatable bonds is 15. The van der Waals surface area contributed by atoms with Crippen molar-refractivity contribution < 1.29 is 24.2 Å². The lowest BCUT2D eigenvalue weighted by Gasteiger charge is -2.41. The Morgan fingerprint density at radius 1 is 1.32 bits per heavy atom. The van der Waals surface area contributed by atoms with Crippen LogP contribution in [0.5, 0.6) is 0 Å². The molecule has 1 N–H and O–H groups in total. The van der Waals surface area contributed by atoms with Gasteiger partial charge in [0, 0.05) is 22.7 Å². The van der Waals surface area contributed by atoms with Crippen LogP contribution in [0.3, 0.4) is 0 Å². The van der Waals surface area contributed by atoms with Crippen LogP contribution >= 0.6 is 27.7 Å². The largest absolute Gasteiger partial charge is 0.465 e. The van der Waals surface area contributed by atoms with Gasteiger partial charge in [0.1, 0.15) is 6.04 Å². The number of unbranched alkanes of at least 4 members (excludes halogenated alkanes) is 1. The maximum Gasteiger partial charge on any atom is 0.310 e. The topological polar surface area (TPSA) is 87.1 Å². The predicted molar refractivity (Wildman–Crippen MR) is 156 cm³/mol. The summed E-state index contributed by atoms with van der Waals surface area (Å²) in [5.41, 5.74) is 0. The zero-order valence-electron chi connectivity index (χ0n) is 23.3. The summed E-state index contributed by atoms with van der Waals surface area (Å²) in [7, 11) is 0. The molecular weight excluding hydrogens is 568 g/mol. The van der Waals surface area contributed by atoms with E-state index in [1.54, 1.807) is 28.8 Å². The minimum Gasteiger partial charge on any atom is -0.465 e. The van der Waals surface area contributed by atoms with Gasteiger partial charge in [-0.2, -0.15) is 0 Å². The quantitative estimate of drug-likeness (QED) is 0.126. The predicted octanol–water partition coefficient (Wildman–Crippen LogP) is 4.57. The Hall–Kier alpha value is -1.32. The molecule has 1 spiro atoms. The number of aliphatic hydroxyl groups excluding tert-OH is 1. The molecule has 3 saturated heterocycles. The van der Waals surface area contributed by atoms with Gasteiger partial charge in [0.05, 0.1) is 35.8 Å². The number of esters is 1. The van der Waals surface area contributed by atoms with Crippen LogP contribution in [0.25, 0.3) is 0 Å². The molecule has 4 unspecified atom stereocenters. The van der Waals surface area contributed by atoms with E-state index in [0.29, 0.717) is 25.8 Å². The number of hydrogen-bond acceptors (Lipinski definition) is 6. The Kier molecular flexibility index (Phi) is 11.0. The van der Waals surface area contributed by atoms with Gasteiger partial charge in [-0.3, -0.25) is 14.4 Å². The Balaban J connectivity index is 2.06. The van der Waals surface area contributed by atoms with Crippen molar-refractivity contribution in [2.45, 2.75) is 99.2 Å². The summed E-state index contributed by atoms with van der Waals surface area (Å²) in [5, 5.41) is 10.3. The van der Waals surface area contributed by atoms with Crippen molar-refractivity contribution in [3.05, 3.63) is 25.3 Å². The first kappa shape index (κ1) is 31.2. The number of halogens is 1. The van der Waals surface area contributed by atoms with Crippen molar-refractivity contribution in [3.63, 3.8) is 0 Å². The number of carbonyl (C=O) groups excluding carboxylic acids is 3. The molecule has 3 rings (SSSR count). The van der Waals surface area contributed by atoms with Crippen LogP contribution < -0.4 is 0 Å². The van der Waals surface area contributed by atoms with Crippen LogP contribution in [-0.4, -0.2) is 85.4 Å². The number of ether oxygens (including phenoxy) is 1. The molecule has 3 fully saturated rings. The van der Waals surface area contributed by atoms with E-state index in [9.17, 15) is 19.5 Å². The highest BCUT2D eigenvalue weighted by molar-refractivity contribution is 9.09. The molecule has 3 aliphatic heterocycles. The van der Waals surface area contributed by atoms with E-state index in [2.05, 4.69) is 36.0 Å². The number of aliphatic hydroxyl groups is 1. The highest BCUT2D eigenvalue weighted by Crippen LogP contribution is 2.68. The number of likely N-dealkylation sites (tertiary alicyclic amines) is 1. The van der Waals surface area contributed by atoms with Gasteiger partial charge in [-0.25, -0.2) is 0 Å². The lowest BCUT2D eigenvalue weighted by Crippen LogP contribution is -2.59. The molecule has 0 saturated carbocycles. The van der Waals surface area contributed by atoms with Crippen molar-refractivity contribution in [1.82, 2.24) is 9.80 Å². The average Bonchev–Trinajstić information content (AvgIpc) is 3.46. The fourth-order valence-electron chi connectivity index (χ4n) is 6.68. The molecule has 0 aromatic rings. The van der Waals surface area contributed by atoms with Gasteiger partial charge in [0.15, 0.2) is 0 Å². The van der Waals surface area contributed by atoms with Crippen LogP contribution in [0.4, 0.5) is 0 Å². The van der Waals surface area contributed by atoms with Gasteiger partial charge in [-0.05, 0) is 44.9 Å². The minimum absolute atomic E-state index is 0.0175.